The largest absolute Gasteiger partial charge is 0.497 e. The highest BCUT2D eigenvalue weighted by Crippen LogP contribution is 2.30. The molecule has 2 heterocycles. The predicted molar refractivity (Wildman–Crippen MR) is 111 cm³/mol. The number of hydrogen-bond donors (Lipinski definition) is 1. The first-order valence-corrected chi connectivity index (χ1v) is 8.90. The molecule has 5 heteroatoms. The first-order chi connectivity index (χ1) is 13.7. The molecule has 0 aliphatic rings. The van der Waals surface area contributed by atoms with Crippen LogP contribution in [-0.4, -0.2) is 22.4 Å². The average molecular weight is 369 g/mol. The van der Waals surface area contributed by atoms with Crippen molar-refractivity contribution >= 4 is 23.4 Å². The molecule has 0 saturated carbocycles. The third-order valence-corrected chi connectivity index (χ3v) is 4.34. The lowest BCUT2D eigenvalue weighted by Crippen LogP contribution is -2.10. The van der Waals surface area contributed by atoms with Gasteiger partial charge in [-0.15, -0.1) is 0 Å². The number of rotatable bonds is 5. The topological polar surface area (TPSA) is 55.6 Å². The molecule has 0 saturated heterocycles. The van der Waals surface area contributed by atoms with Gasteiger partial charge >= 0.3 is 0 Å². The number of nitrogens with one attached hydrogen (secondary N) is 1. The third-order valence-electron chi connectivity index (χ3n) is 4.34. The molecule has 4 aromatic rings. The number of nitrogens with zero attached hydrogens (tertiary/aromatic N) is 2. The van der Waals surface area contributed by atoms with Gasteiger partial charge in [0.25, 0.3) is 0 Å². The van der Waals surface area contributed by atoms with Crippen molar-refractivity contribution in [3.05, 3.63) is 90.6 Å². The van der Waals surface area contributed by atoms with Crippen molar-refractivity contribution in [3.63, 3.8) is 0 Å². The SMILES string of the molecule is COc1cccc(-c2nc3ccccn3c2NC(=O)/C=C/c2ccccc2)c1. The van der Waals surface area contributed by atoms with E-state index >= 15 is 0 Å². The van der Waals surface area contributed by atoms with Gasteiger partial charge < -0.3 is 10.1 Å². The Bertz CT molecular complexity index is 1150. The first-order valence-electron chi connectivity index (χ1n) is 8.90. The van der Waals surface area contributed by atoms with Crippen LogP contribution in [0.5, 0.6) is 5.75 Å². The highest BCUT2D eigenvalue weighted by atomic mass is 16.5. The molecule has 28 heavy (non-hydrogen) atoms. The van der Waals surface area contributed by atoms with Crippen LogP contribution in [0.3, 0.4) is 0 Å². The molecule has 0 atom stereocenters. The number of pyridine rings is 1. The quantitative estimate of drug-likeness (QED) is 0.521. The predicted octanol–water partition coefficient (Wildman–Crippen LogP) is 4.66. The Kier molecular flexibility index (Phi) is 4.89. The second-order valence-electron chi connectivity index (χ2n) is 6.20. The van der Waals surface area contributed by atoms with Crippen LogP contribution in [0, 0.1) is 0 Å². The molecule has 0 spiro atoms. The van der Waals surface area contributed by atoms with Crippen LogP contribution in [0.1, 0.15) is 5.56 Å². The minimum Gasteiger partial charge on any atom is -0.497 e. The van der Waals surface area contributed by atoms with Gasteiger partial charge in [-0.25, -0.2) is 4.98 Å². The maximum Gasteiger partial charge on any atom is 0.249 e. The summed E-state index contributed by atoms with van der Waals surface area (Å²) < 4.78 is 7.19. The van der Waals surface area contributed by atoms with Gasteiger partial charge in [0.05, 0.1) is 7.11 Å². The second kappa shape index (κ2) is 7.80. The van der Waals surface area contributed by atoms with Crippen LogP contribution in [-0.2, 0) is 4.79 Å². The van der Waals surface area contributed by atoms with Crippen molar-refractivity contribution in [3.8, 4) is 17.0 Å². The van der Waals surface area contributed by atoms with Crippen molar-refractivity contribution < 1.29 is 9.53 Å². The maximum atomic E-state index is 12.6. The van der Waals surface area contributed by atoms with Crippen LogP contribution >= 0.6 is 0 Å². The molecule has 2 aromatic carbocycles. The molecule has 5 nitrogen and oxygen atoms in total. The fourth-order valence-electron chi connectivity index (χ4n) is 2.98. The minimum absolute atomic E-state index is 0.223. The summed E-state index contributed by atoms with van der Waals surface area (Å²) in [6.45, 7) is 0. The third kappa shape index (κ3) is 3.64. The van der Waals surface area contributed by atoms with E-state index in [4.69, 9.17) is 9.72 Å². The monoisotopic (exact) mass is 369 g/mol. The van der Waals surface area contributed by atoms with Crippen molar-refractivity contribution in [1.29, 1.82) is 0 Å². The highest BCUT2D eigenvalue weighted by Gasteiger charge is 2.16. The Morgan fingerprint density at radius 1 is 1.04 bits per heavy atom. The van der Waals surface area contributed by atoms with Crippen LogP contribution in [0.25, 0.3) is 23.0 Å². The Balaban J connectivity index is 1.71. The van der Waals surface area contributed by atoms with Crippen molar-refractivity contribution in [1.82, 2.24) is 9.38 Å². The van der Waals surface area contributed by atoms with Gasteiger partial charge in [-0.2, -0.15) is 0 Å². The summed E-state index contributed by atoms with van der Waals surface area (Å²) in [6.07, 6.45) is 5.18. The van der Waals surface area contributed by atoms with Gasteiger partial charge in [0.15, 0.2) is 0 Å². The molecule has 0 aliphatic heterocycles. The van der Waals surface area contributed by atoms with E-state index in [2.05, 4.69) is 5.32 Å². The molecule has 1 amide bonds. The summed E-state index contributed by atoms with van der Waals surface area (Å²) in [7, 11) is 1.62. The summed E-state index contributed by atoms with van der Waals surface area (Å²) in [6, 6.07) is 23.0. The number of ether oxygens (including phenoxy) is 1. The maximum absolute atomic E-state index is 12.6. The normalized spacial score (nSPS) is 11.0. The number of hydrogen-bond acceptors (Lipinski definition) is 3. The molecular formula is C23H19N3O2. The van der Waals surface area contributed by atoms with Crippen molar-refractivity contribution in [2.45, 2.75) is 0 Å². The summed E-state index contributed by atoms with van der Waals surface area (Å²) in [5, 5.41) is 2.97. The van der Waals surface area contributed by atoms with E-state index in [1.807, 2.05) is 83.4 Å². The van der Waals surface area contributed by atoms with Crippen molar-refractivity contribution in [2.24, 2.45) is 0 Å². The number of carbonyl (C=O) groups is 1. The first kappa shape index (κ1) is 17.5. The second-order valence-corrected chi connectivity index (χ2v) is 6.20. The number of amides is 1. The average Bonchev–Trinajstić information content (AvgIpc) is 3.11. The van der Waals surface area contributed by atoms with Gasteiger partial charge in [0.2, 0.25) is 5.91 Å². The Hall–Kier alpha value is -3.86. The molecule has 0 radical (unpaired) electrons. The smallest absolute Gasteiger partial charge is 0.249 e. The van der Waals surface area contributed by atoms with Crippen molar-refractivity contribution in [2.75, 3.05) is 12.4 Å². The van der Waals surface area contributed by atoms with Gasteiger partial charge in [-0.3, -0.25) is 9.20 Å². The summed E-state index contributed by atoms with van der Waals surface area (Å²) in [5.41, 5.74) is 3.27. The molecule has 4 rings (SSSR count). The van der Waals surface area contributed by atoms with Gasteiger partial charge in [-0.1, -0.05) is 48.5 Å². The molecule has 0 bridgehead atoms. The van der Waals surface area contributed by atoms with Crippen LogP contribution in [0.15, 0.2) is 85.1 Å². The lowest BCUT2D eigenvalue weighted by Gasteiger charge is -2.07. The number of anilines is 1. The molecular weight excluding hydrogens is 350 g/mol. The van der Waals surface area contributed by atoms with Crippen LogP contribution in [0.4, 0.5) is 5.82 Å². The van der Waals surface area contributed by atoms with E-state index in [-0.39, 0.29) is 5.91 Å². The molecule has 138 valence electrons. The van der Waals surface area contributed by atoms with Crippen LogP contribution < -0.4 is 10.1 Å². The molecule has 1 N–H and O–H groups in total. The number of imidazole rings is 1. The number of aromatic nitrogens is 2. The summed E-state index contributed by atoms with van der Waals surface area (Å²) >= 11 is 0. The number of methoxy groups -OCH3 is 1. The summed E-state index contributed by atoms with van der Waals surface area (Å²) in [5.74, 6) is 1.13. The van der Waals surface area contributed by atoms with Gasteiger partial charge in [0.1, 0.15) is 22.9 Å². The molecule has 0 unspecified atom stereocenters. The Labute approximate surface area is 162 Å². The highest BCUT2D eigenvalue weighted by molar-refractivity contribution is 6.03. The zero-order valence-corrected chi connectivity index (χ0v) is 15.4. The van der Waals surface area contributed by atoms with Gasteiger partial charge in [0, 0.05) is 17.8 Å². The summed E-state index contributed by atoms with van der Waals surface area (Å²) in [4.78, 5) is 17.3. The molecule has 0 aliphatic carbocycles. The minimum atomic E-state index is -0.223. The van der Waals surface area contributed by atoms with Crippen LogP contribution in [0.2, 0.25) is 0 Å². The fourth-order valence-corrected chi connectivity index (χ4v) is 2.98. The van der Waals surface area contributed by atoms with Gasteiger partial charge in [-0.05, 0) is 35.9 Å². The fraction of sp³-hybridized carbons (Fsp3) is 0.0435. The van der Waals surface area contributed by atoms with E-state index < -0.39 is 0 Å². The Morgan fingerprint density at radius 3 is 2.68 bits per heavy atom. The zero-order valence-electron chi connectivity index (χ0n) is 15.4. The van der Waals surface area contributed by atoms with E-state index in [1.54, 1.807) is 13.2 Å². The standard InChI is InChI=1S/C23H19N3O2/c1-28-19-11-7-10-18(16-19)22-23(26-15-6-5-12-20(26)24-22)25-21(27)14-13-17-8-3-2-4-9-17/h2-16H,1H3,(H,25,27)/b14-13+. The molecule has 2 aromatic heterocycles. The van der Waals surface area contributed by atoms with E-state index in [1.165, 1.54) is 6.08 Å². The van der Waals surface area contributed by atoms with E-state index in [0.717, 1.165) is 22.5 Å². The zero-order chi connectivity index (χ0) is 19.3. The number of fused-ring (bicyclic) bond motifs is 1. The molecule has 0 fully saturated rings. The number of carbonyl (C=O) groups excluding carboxylic acids is 1. The van der Waals surface area contributed by atoms with E-state index in [9.17, 15) is 4.79 Å². The Morgan fingerprint density at radius 2 is 1.86 bits per heavy atom. The lowest BCUT2D eigenvalue weighted by molar-refractivity contribution is -0.111. The lowest BCUT2D eigenvalue weighted by atomic mass is 10.1. The van der Waals surface area contributed by atoms with E-state index in [0.29, 0.717) is 11.5 Å². The number of benzene rings is 2.